The van der Waals surface area contributed by atoms with Crippen molar-refractivity contribution < 1.29 is 4.74 Å². The van der Waals surface area contributed by atoms with Crippen LogP contribution in [0.25, 0.3) is 0 Å². The molecule has 1 aromatic carbocycles. The summed E-state index contributed by atoms with van der Waals surface area (Å²) in [6.07, 6.45) is 5.51. The average Bonchev–Trinajstić information content (AvgIpc) is 3.30. The summed E-state index contributed by atoms with van der Waals surface area (Å²) < 4.78 is 5.77. The van der Waals surface area contributed by atoms with Crippen molar-refractivity contribution in [1.82, 2.24) is 4.90 Å². The minimum atomic E-state index is 0.627. The molecule has 3 heteroatoms. The molecule has 0 bridgehead atoms. The Balaban J connectivity index is 1.49. The van der Waals surface area contributed by atoms with E-state index in [2.05, 4.69) is 11.0 Å². The summed E-state index contributed by atoms with van der Waals surface area (Å²) in [5, 5.41) is 9.01. The maximum absolute atomic E-state index is 9.01. The molecule has 1 aromatic rings. The van der Waals surface area contributed by atoms with E-state index >= 15 is 0 Å². The van der Waals surface area contributed by atoms with Gasteiger partial charge in [-0.05, 0) is 43.7 Å². The number of nitriles is 1. The molecule has 0 heterocycles. The highest BCUT2D eigenvalue weighted by Crippen LogP contribution is 2.34. The van der Waals surface area contributed by atoms with E-state index in [0.717, 1.165) is 18.5 Å². The predicted molar refractivity (Wildman–Crippen MR) is 74.0 cm³/mol. The second-order valence-corrected chi connectivity index (χ2v) is 5.63. The lowest BCUT2D eigenvalue weighted by Gasteiger charge is -2.21. The number of hydrogen-bond acceptors (Lipinski definition) is 3. The molecule has 2 saturated carbocycles. The van der Waals surface area contributed by atoms with Crippen LogP contribution in [-0.4, -0.2) is 30.6 Å². The fourth-order valence-electron chi connectivity index (χ4n) is 2.45. The lowest BCUT2D eigenvalue weighted by Crippen LogP contribution is -2.32. The van der Waals surface area contributed by atoms with Crippen LogP contribution < -0.4 is 4.74 Å². The smallest absolute Gasteiger partial charge is 0.137 e. The molecule has 2 aliphatic carbocycles. The average molecular weight is 256 g/mol. The maximum atomic E-state index is 9.01. The standard InChI is InChI=1S/C16H20N2O/c17-11-14-3-1-2-4-16(14)19-10-9-18(15-7-8-15)12-13-5-6-13/h1-4,13,15H,5-10,12H2. The molecule has 2 fully saturated rings. The van der Waals surface area contributed by atoms with Crippen molar-refractivity contribution in [3.05, 3.63) is 29.8 Å². The molecular formula is C16H20N2O. The summed E-state index contributed by atoms with van der Waals surface area (Å²) in [6.45, 7) is 2.91. The van der Waals surface area contributed by atoms with Gasteiger partial charge in [-0.15, -0.1) is 0 Å². The number of hydrogen-bond donors (Lipinski definition) is 0. The quantitative estimate of drug-likeness (QED) is 0.752. The molecule has 0 saturated heterocycles. The Bertz CT molecular complexity index is 472. The number of ether oxygens (including phenoxy) is 1. The first-order valence-electron chi connectivity index (χ1n) is 7.23. The number of para-hydroxylation sites is 1. The van der Waals surface area contributed by atoms with Crippen LogP contribution >= 0.6 is 0 Å². The number of rotatable bonds is 7. The van der Waals surface area contributed by atoms with Gasteiger partial charge in [0.25, 0.3) is 0 Å². The Labute approximate surface area is 114 Å². The molecule has 0 aromatic heterocycles. The van der Waals surface area contributed by atoms with Crippen LogP contribution in [0.5, 0.6) is 5.75 Å². The van der Waals surface area contributed by atoms with E-state index in [4.69, 9.17) is 10.00 Å². The topological polar surface area (TPSA) is 36.3 Å². The maximum Gasteiger partial charge on any atom is 0.137 e. The van der Waals surface area contributed by atoms with Gasteiger partial charge in [-0.25, -0.2) is 0 Å². The van der Waals surface area contributed by atoms with Crippen molar-refractivity contribution in [2.24, 2.45) is 5.92 Å². The van der Waals surface area contributed by atoms with Crippen molar-refractivity contribution in [3.63, 3.8) is 0 Å². The molecule has 0 amide bonds. The lowest BCUT2D eigenvalue weighted by molar-refractivity contribution is 0.195. The SMILES string of the molecule is N#Cc1ccccc1OCCN(CC1CC1)C1CC1. The van der Waals surface area contributed by atoms with Gasteiger partial charge < -0.3 is 4.74 Å². The van der Waals surface area contributed by atoms with Crippen molar-refractivity contribution >= 4 is 0 Å². The molecule has 100 valence electrons. The Kier molecular flexibility index (Phi) is 3.70. The van der Waals surface area contributed by atoms with E-state index in [1.165, 1.54) is 32.2 Å². The Hall–Kier alpha value is -1.53. The van der Waals surface area contributed by atoms with Crippen LogP contribution in [0.4, 0.5) is 0 Å². The fourth-order valence-corrected chi connectivity index (χ4v) is 2.45. The first-order valence-corrected chi connectivity index (χ1v) is 7.23. The van der Waals surface area contributed by atoms with E-state index in [1.54, 1.807) is 6.07 Å². The zero-order valence-corrected chi connectivity index (χ0v) is 11.2. The van der Waals surface area contributed by atoms with Crippen molar-refractivity contribution in [1.29, 1.82) is 5.26 Å². The van der Waals surface area contributed by atoms with Gasteiger partial charge in [-0.3, -0.25) is 4.90 Å². The highest BCUT2D eigenvalue weighted by Gasteiger charge is 2.33. The minimum Gasteiger partial charge on any atom is -0.491 e. The molecule has 0 atom stereocenters. The third kappa shape index (κ3) is 3.48. The van der Waals surface area contributed by atoms with Gasteiger partial charge >= 0.3 is 0 Å². The zero-order chi connectivity index (χ0) is 13.1. The Morgan fingerprint density at radius 2 is 2.00 bits per heavy atom. The summed E-state index contributed by atoms with van der Waals surface area (Å²) >= 11 is 0. The van der Waals surface area contributed by atoms with E-state index in [-0.39, 0.29) is 0 Å². The summed E-state index contributed by atoms with van der Waals surface area (Å²) in [5.41, 5.74) is 0.627. The lowest BCUT2D eigenvalue weighted by atomic mass is 10.2. The summed E-state index contributed by atoms with van der Waals surface area (Å²) in [6, 6.07) is 10.4. The van der Waals surface area contributed by atoms with Crippen LogP contribution in [0.1, 0.15) is 31.2 Å². The fraction of sp³-hybridized carbons (Fsp3) is 0.562. The Morgan fingerprint density at radius 3 is 2.68 bits per heavy atom. The molecule has 3 rings (SSSR count). The van der Waals surface area contributed by atoms with Gasteiger partial charge in [0.15, 0.2) is 0 Å². The first-order chi connectivity index (χ1) is 9.36. The summed E-state index contributed by atoms with van der Waals surface area (Å²) in [7, 11) is 0. The van der Waals surface area contributed by atoms with Gasteiger partial charge in [-0.1, -0.05) is 12.1 Å². The van der Waals surface area contributed by atoms with Gasteiger partial charge in [0.05, 0.1) is 5.56 Å². The van der Waals surface area contributed by atoms with E-state index in [9.17, 15) is 0 Å². The number of nitrogens with zero attached hydrogens (tertiary/aromatic N) is 2. The van der Waals surface area contributed by atoms with Crippen molar-refractivity contribution in [2.45, 2.75) is 31.7 Å². The zero-order valence-electron chi connectivity index (χ0n) is 11.2. The second-order valence-electron chi connectivity index (χ2n) is 5.63. The third-order valence-electron chi connectivity index (χ3n) is 3.90. The highest BCUT2D eigenvalue weighted by atomic mass is 16.5. The van der Waals surface area contributed by atoms with Gasteiger partial charge in [0.2, 0.25) is 0 Å². The molecule has 0 spiro atoms. The summed E-state index contributed by atoms with van der Waals surface area (Å²) in [5.74, 6) is 1.65. The molecule has 0 N–H and O–H groups in total. The van der Waals surface area contributed by atoms with Gasteiger partial charge in [0.1, 0.15) is 18.4 Å². The van der Waals surface area contributed by atoms with E-state index in [1.807, 2.05) is 18.2 Å². The van der Waals surface area contributed by atoms with Crippen LogP contribution in [0.15, 0.2) is 24.3 Å². The highest BCUT2D eigenvalue weighted by molar-refractivity contribution is 5.42. The predicted octanol–water partition coefficient (Wildman–Crippen LogP) is 2.81. The second kappa shape index (κ2) is 5.63. The van der Waals surface area contributed by atoms with E-state index < -0.39 is 0 Å². The minimum absolute atomic E-state index is 0.627. The Morgan fingerprint density at radius 1 is 1.21 bits per heavy atom. The van der Waals surface area contributed by atoms with Crippen LogP contribution in [-0.2, 0) is 0 Å². The molecule has 0 radical (unpaired) electrons. The molecule has 0 aliphatic heterocycles. The van der Waals surface area contributed by atoms with Crippen molar-refractivity contribution in [3.8, 4) is 11.8 Å². The van der Waals surface area contributed by atoms with Crippen LogP contribution in [0.3, 0.4) is 0 Å². The monoisotopic (exact) mass is 256 g/mol. The summed E-state index contributed by atoms with van der Waals surface area (Å²) in [4.78, 5) is 2.58. The molecule has 19 heavy (non-hydrogen) atoms. The molecule has 2 aliphatic rings. The largest absolute Gasteiger partial charge is 0.491 e. The van der Waals surface area contributed by atoms with E-state index in [0.29, 0.717) is 17.9 Å². The van der Waals surface area contributed by atoms with Gasteiger partial charge in [0, 0.05) is 19.1 Å². The van der Waals surface area contributed by atoms with Crippen molar-refractivity contribution in [2.75, 3.05) is 19.7 Å². The normalized spacial score (nSPS) is 18.3. The number of benzene rings is 1. The van der Waals surface area contributed by atoms with Crippen LogP contribution in [0, 0.1) is 17.2 Å². The molecule has 3 nitrogen and oxygen atoms in total. The van der Waals surface area contributed by atoms with Crippen LogP contribution in [0.2, 0.25) is 0 Å². The first kappa shape index (κ1) is 12.5. The van der Waals surface area contributed by atoms with Gasteiger partial charge in [-0.2, -0.15) is 5.26 Å². The molecular weight excluding hydrogens is 236 g/mol. The molecule has 0 unspecified atom stereocenters. The third-order valence-corrected chi connectivity index (χ3v) is 3.90.